The normalized spacial score (nSPS) is 18.0. The molecule has 0 radical (unpaired) electrons. The predicted molar refractivity (Wildman–Crippen MR) is 94.6 cm³/mol. The third-order valence-electron chi connectivity index (χ3n) is 4.22. The number of pyridine rings is 1. The summed E-state index contributed by atoms with van der Waals surface area (Å²) in [6.07, 6.45) is -0.261. The van der Waals surface area contributed by atoms with E-state index in [2.05, 4.69) is 32.1 Å². The molecule has 1 aliphatic heterocycles. The van der Waals surface area contributed by atoms with Crippen molar-refractivity contribution in [2.45, 2.75) is 25.9 Å². The summed E-state index contributed by atoms with van der Waals surface area (Å²) in [5.74, 6) is 1.42. The summed E-state index contributed by atoms with van der Waals surface area (Å²) < 4.78 is 38.1. The molecule has 26 heavy (non-hydrogen) atoms. The summed E-state index contributed by atoms with van der Waals surface area (Å²) in [6, 6.07) is 0.807. The molecule has 10 heteroatoms. The van der Waals surface area contributed by atoms with Crippen LogP contribution in [0.4, 0.5) is 36.3 Å². The van der Waals surface area contributed by atoms with E-state index in [9.17, 15) is 13.2 Å². The molecule has 2 aromatic heterocycles. The van der Waals surface area contributed by atoms with Gasteiger partial charge in [-0.25, -0.2) is 15.0 Å². The van der Waals surface area contributed by atoms with Gasteiger partial charge in [0.1, 0.15) is 17.8 Å². The monoisotopic (exact) mass is 386 g/mol. The first-order chi connectivity index (χ1) is 12.3. The molecule has 0 spiro atoms. The minimum Gasteiger partial charge on any atom is -0.393 e. The number of alkyl halides is 3. The smallest absolute Gasteiger partial charge is 0.393 e. The lowest BCUT2D eigenvalue weighted by Gasteiger charge is -2.32. The number of hydrogen-bond donors (Lipinski definition) is 2. The van der Waals surface area contributed by atoms with Gasteiger partial charge in [0.2, 0.25) is 0 Å². The Morgan fingerprint density at radius 2 is 2.04 bits per heavy atom. The largest absolute Gasteiger partial charge is 0.417 e. The van der Waals surface area contributed by atoms with Gasteiger partial charge >= 0.3 is 6.18 Å². The molecule has 0 aromatic carbocycles. The van der Waals surface area contributed by atoms with Gasteiger partial charge in [0.15, 0.2) is 11.6 Å². The van der Waals surface area contributed by atoms with E-state index in [1.54, 1.807) is 0 Å². The molecular weight excluding hydrogens is 369 g/mol. The molecule has 3 heterocycles. The first-order valence-electron chi connectivity index (χ1n) is 8.11. The fraction of sp³-hybridized carbons (Fsp3) is 0.438. The number of halogens is 4. The second-order valence-corrected chi connectivity index (χ2v) is 6.74. The molecule has 2 aromatic rings. The van der Waals surface area contributed by atoms with Crippen molar-refractivity contribution in [3.63, 3.8) is 0 Å². The second kappa shape index (κ2) is 7.14. The molecule has 6 nitrogen and oxygen atoms in total. The van der Waals surface area contributed by atoms with Gasteiger partial charge in [-0.2, -0.15) is 13.2 Å². The van der Waals surface area contributed by atoms with Crippen LogP contribution in [0, 0.1) is 5.92 Å². The lowest BCUT2D eigenvalue weighted by Crippen LogP contribution is -2.35. The van der Waals surface area contributed by atoms with Crippen LogP contribution in [0.3, 0.4) is 0 Å². The Labute approximate surface area is 153 Å². The number of hydrogen-bond acceptors (Lipinski definition) is 6. The number of nitrogen functional groups attached to an aromatic ring is 1. The predicted octanol–water partition coefficient (Wildman–Crippen LogP) is 4.11. The highest BCUT2D eigenvalue weighted by Crippen LogP contribution is 2.35. The van der Waals surface area contributed by atoms with Gasteiger partial charge in [0, 0.05) is 19.3 Å². The summed E-state index contributed by atoms with van der Waals surface area (Å²) in [5.41, 5.74) is 5.56. The Kier molecular flexibility index (Phi) is 5.08. The Hall–Kier alpha value is -2.29. The number of anilines is 4. The summed E-state index contributed by atoms with van der Waals surface area (Å²) in [6.45, 7) is 3.83. The number of nitrogens with one attached hydrogen (secondary N) is 1. The molecule has 0 amide bonds. The summed E-state index contributed by atoms with van der Waals surface area (Å²) >= 11 is 5.93. The number of nitrogens with two attached hydrogens (primary N) is 1. The molecule has 140 valence electrons. The van der Waals surface area contributed by atoms with Crippen LogP contribution < -0.4 is 16.0 Å². The number of rotatable bonds is 3. The van der Waals surface area contributed by atoms with Gasteiger partial charge < -0.3 is 16.0 Å². The van der Waals surface area contributed by atoms with E-state index >= 15 is 0 Å². The Morgan fingerprint density at radius 1 is 1.27 bits per heavy atom. The van der Waals surface area contributed by atoms with Crippen molar-refractivity contribution in [2.75, 3.05) is 29.0 Å². The van der Waals surface area contributed by atoms with Crippen LogP contribution in [0.15, 0.2) is 18.6 Å². The topological polar surface area (TPSA) is 80.0 Å². The van der Waals surface area contributed by atoms with E-state index in [4.69, 9.17) is 17.3 Å². The lowest BCUT2D eigenvalue weighted by atomic mass is 10.0. The van der Waals surface area contributed by atoms with E-state index < -0.39 is 11.7 Å². The van der Waals surface area contributed by atoms with Gasteiger partial charge in [-0.1, -0.05) is 18.5 Å². The maximum absolute atomic E-state index is 12.7. The average molecular weight is 387 g/mol. The van der Waals surface area contributed by atoms with Crippen molar-refractivity contribution >= 4 is 34.7 Å². The zero-order valence-electron chi connectivity index (χ0n) is 14.0. The highest BCUT2D eigenvalue weighted by atomic mass is 35.5. The van der Waals surface area contributed by atoms with Gasteiger partial charge in [-0.15, -0.1) is 0 Å². The third-order valence-corrected chi connectivity index (χ3v) is 4.51. The first-order valence-corrected chi connectivity index (χ1v) is 8.48. The summed E-state index contributed by atoms with van der Waals surface area (Å²) in [5, 5.41) is 2.62. The Bertz CT molecular complexity index is 798. The van der Waals surface area contributed by atoms with Crippen LogP contribution in [0.1, 0.15) is 25.3 Å². The molecule has 1 aliphatic rings. The molecule has 1 fully saturated rings. The maximum atomic E-state index is 12.7. The molecule has 3 rings (SSSR count). The zero-order valence-corrected chi connectivity index (χ0v) is 14.8. The van der Waals surface area contributed by atoms with E-state index in [-0.39, 0.29) is 16.7 Å². The van der Waals surface area contributed by atoms with Crippen LogP contribution in [-0.2, 0) is 6.18 Å². The third kappa shape index (κ3) is 3.92. The fourth-order valence-electron chi connectivity index (χ4n) is 2.92. The molecule has 1 atom stereocenters. The van der Waals surface area contributed by atoms with Crippen molar-refractivity contribution in [3.8, 4) is 0 Å². The summed E-state index contributed by atoms with van der Waals surface area (Å²) in [4.78, 5) is 14.1. The zero-order chi connectivity index (χ0) is 18.9. The maximum Gasteiger partial charge on any atom is 0.417 e. The molecule has 1 saturated heterocycles. The van der Waals surface area contributed by atoms with Crippen molar-refractivity contribution in [1.82, 2.24) is 15.0 Å². The highest BCUT2D eigenvalue weighted by molar-refractivity contribution is 6.33. The van der Waals surface area contributed by atoms with Crippen LogP contribution in [0.2, 0.25) is 5.02 Å². The molecule has 0 aliphatic carbocycles. The number of piperidine rings is 1. The van der Waals surface area contributed by atoms with Crippen LogP contribution in [0.5, 0.6) is 0 Å². The molecule has 0 bridgehead atoms. The van der Waals surface area contributed by atoms with E-state index in [0.29, 0.717) is 23.6 Å². The lowest BCUT2D eigenvalue weighted by molar-refractivity contribution is -0.137. The molecular formula is C16H18ClF3N6. The Balaban J connectivity index is 1.86. The number of aromatic nitrogens is 3. The van der Waals surface area contributed by atoms with E-state index in [0.717, 1.165) is 32.0 Å². The van der Waals surface area contributed by atoms with Crippen molar-refractivity contribution in [1.29, 1.82) is 0 Å². The van der Waals surface area contributed by atoms with Gasteiger partial charge in [0.05, 0.1) is 10.6 Å². The van der Waals surface area contributed by atoms with Crippen LogP contribution in [-0.4, -0.2) is 28.0 Å². The minimum atomic E-state index is -4.51. The van der Waals surface area contributed by atoms with Gasteiger partial charge in [-0.05, 0) is 24.8 Å². The molecule has 1 unspecified atom stereocenters. The van der Waals surface area contributed by atoms with Gasteiger partial charge in [-0.3, -0.25) is 0 Å². The SMILES string of the molecule is CC1CCCN(c2ncnc(Nc3ncc(C(F)(F)F)cc3Cl)c2N)C1. The molecule has 3 N–H and O–H groups in total. The quantitative estimate of drug-likeness (QED) is 0.826. The minimum absolute atomic E-state index is 0.0445. The van der Waals surface area contributed by atoms with Crippen molar-refractivity contribution < 1.29 is 13.2 Å². The van der Waals surface area contributed by atoms with E-state index in [1.807, 2.05) is 0 Å². The first kappa shape index (κ1) is 18.5. The van der Waals surface area contributed by atoms with E-state index in [1.165, 1.54) is 6.33 Å². The van der Waals surface area contributed by atoms with Gasteiger partial charge in [0.25, 0.3) is 0 Å². The summed E-state index contributed by atoms with van der Waals surface area (Å²) in [7, 11) is 0. The number of nitrogens with zero attached hydrogens (tertiary/aromatic N) is 4. The second-order valence-electron chi connectivity index (χ2n) is 6.33. The standard InChI is InChI=1S/C16H18ClF3N6/c1-9-3-2-4-26(7-9)15-12(21)14(23-8-24-15)25-13-11(17)5-10(6-22-13)16(18,19)20/h5-6,8-9H,2-4,7,21H2,1H3,(H,22,23,24,25). The van der Waals surface area contributed by atoms with Crippen molar-refractivity contribution in [2.24, 2.45) is 5.92 Å². The molecule has 0 saturated carbocycles. The highest BCUT2D eigenvalue weighted by Gasteiger charge is 2.31. The average Bonchev–Trinajstić information content (AvgIpc) is 2.57. The van der Waals surface area contributed by atoms with Crippen molar-refractivity contribution in [3.05, 3.63) is 29.2 Å². The van der Waals surface area contributed by atoms with Crippen LogP contribution >= 0.6 is 11.6 Å². The fourth-order valence-corrected chi connectivity index (χ4v) is 3.13. The van der Waals surface area contributed by atoms with Crippen LogP contribution in [0.25, 0.3) is 0 Å². The Morgan fingerprint density at radius 3 is 2.69 bits per heavy atom.